The van der Waals surface area contributed by atoms with Crippen molar-refractivity contribution >= 4 is 29.3 Å². The second-order valence-corrected chi connectivity index (χ2v) is 5.98. The van der Waals surface area contributed by atoms with Crippen molar-refractivity contribution in [2.45, 2.75) is 10.7 Å². The molecule has 0 bridgehead atoms. The lowest BCUT2D eigenvalue weighted by atomic mass is 10.2. The molecule has 0 saturated carbocycles. The summed E-state index contributed by atoms with van der Waals surface area (Å²) in [5, 5.41) is 0. The number of hydrogen-bond acceptors (Lipinski definition) is 7. The number of aromatic nitrogens is 2. The first-order chi connectivity index (χ1) is 12.2. The molecule has 0 unspecified atom stereocenters. The monoisotopic (exact) mass is 385 g/mol. The van der Waals surface area contributed by atoms with Crippen LogP contribution in [0, 0.1) is 0 Å². The average Bonchev–Trinajstić information content (AvgIpc) is 2.57. The number of nitrogens with zero attached hydrogens (tertiary/aromatic N) is 1. The molecule has 0 aliphatic rings. The third kappa shape index (κ3) is 4.17. The summed E-state index contributed by atoms with van der Waals surface area (Å²) >= 11 is 0.160. The third-order valence-corrected chi connectivity index (χ3v) is 4.09. The molecule has 1 heterocycles. The molecule has 0 amide bonds. The zero-order valence-corrected chi connectivity index (χ0v) is 14.1. The topological polar surface area (TPSA) is 124 Å². The fourth-order valence-corrected chi connectivity index (χ4v) is 2.65. The summed E-state index contributed by atoms with van der Waals surface area (Å²) in [6.45, 7) is -0.849. The molecule has 0 saturated heterocycles. The molecule has 2 aromatic rings. The molecule has 8 nitrogen and oxygen atoms in total. The number of anilines is 1. The van der Waals surface area contributed by atoms with Crippen molar-refractivity contribution in [3.8, 4) is 0 Å². The number of nitrogen functional groups attached to an aromatic ring is 1. The van der Waals surface area contributed by atoms with E-state index >= 15 is 0 Å². The lowest BCUT2D eigenvalue weighted by Gasteiger charge is -2.10. The van der Waals surface area contributed by atoms with Crippen LogP contribution in [0.25, 0.3) is 0 Å². The Morgan fingerprint density at radius 3 is 2.62 bits per heavy atom. The van der Waals surface area contributed by atoms with Crippen LogP contribution < -0.4 is 17.0 Å². The molecule has 0 aliphatic carbocycles. The second-order valence-electron chi connectivity index (χ2n) is 4.95. The second kappa shape index (κ2) is 7.95. The molecule has 1 aromatic carbocycles. The maximum absolute atomic E-state index is 12.5. The number of thioether (sulfide) groups is 1. The van der Waals surface area contributed by atoms with Gasteiger partial charge in [0.05, 0.1) is 5.56 Å². The van der Waals surface area contributed by atoms with E-state index in [4.69, 9.17) is 10.5 Å². The number of Topliss-reactive ketones (excluding diaryl/α,β-unsaturated/α-hetero) is 1. The van der Waals surface area contributed by atoms with Crippen LogP contribution in [-0.4, -0.2) is 33.7 Å². The number of nitrogens with one attached hydrogen (secondary N) is 1. The first-order valence-electron chi connectivity index (χ1n) is 7.05. The van der Waals surface area contributed by atoms with E-state index in [1.54, 1.807) is 0 Å². The van der Waals surface area contributed by atoms with Gasteiger partial charge in [-0.25, -0.2) is 9.59 Å². The number of halogens is 2. The molecule has 0 spiro atoms. The van der Waals surface area contributed by atoms with E-state index in [9.17, 15) is 28.0 Å². The number of carbonyl (C=O) groups excluding carboxylic acids is 2. The number of ether oxygens (including phenoxy) is 1. The number of H-pyrrole nitrogens is 1. The normalized spacial score (nSPS) is 10.8. The van der Waals surface area contributed by atoms with Crippen molar-refractivity contribution in [1.82, 2.24) is 9.55 Å². The van der Waals surface area contributed by atoms with Crippen LogP contribution in [0.2, 0.25) is 0 Å². The highest BCUT2D eigenvalue weighted by molar-refractivity contribution is 7.99. The van der Waals surface area contributed by atoms with E-state index in [2.05, 4.69) is 0 Å². The van der Waals surface area contributed by atoms with E-state index in [0.717, 1.165) is 4.57 Å². The SMILES string of the molecule is Cn1c(N)c(C(=O)COC(=O)c2ccccc2SC(F)F)c(=O)[nH]c1=O. The fraction of sp³-hybridized carbons (Fsp3) is 0.200. The van der Waals surface area contributed by atoms with Gasteiger partial charge in [-0.2, -0.15) is 8.78 Å². The maximum Gasteiger partial charge on any atom is 0.339 e. The summed E-state index contributed by atoms with van der Waals surface area (Å²) in [6, 6.07) is 5.50. The first kappa shape index (κ1) is 19.4. The van der Waals surface area contributed by atoms with Gasteiger partial charge in [-0.05, 0) is 12.1 Å². The lowest BCUT2D eigenvalue weighted by molar-refractivity contribution is 0.0471. The van der Waals surface area contributed by atoms with Crippen molar-refractivity contribution in [2.75, 3.05) is 12.3 Å². The number of benzene rings is 1. The number of nitrogens with two attached hydrogens (primary N) is 1. The number of alkyl halides is 2. The summed E-state index contributed by atoms with van der Waals surface area (Å²) in [7, 11) is 1.24. The van der Waals surface area contributed by atoms with Crippen LogP contribution in [0.1, 0.15) is 20.7 Å². The Morgan fingerprint density at radius 2 is 1.96 bits per heavy atom. The molecule has 11 heteroatoms. The molecule has 0 aliphatic heterocycles. The number of carbonyl (C=O) groups is 2. The Balaban J connectivity index is 2.19. The molecular formula is C15H13F2N3O5S. The Kier molecular flexibility index (Phi) is 5.93. The molecule has 0 radical (unpaired) electrons. The van der Waals surface area contributed by atoms with Gasteiger partial charge in [0.25, 0.3) is 11.3 Å². The van der Waals surface area contributed by atoms with Gasteiger partial charge in [0, 0.05) is 11.9 Å². The van der Waals surface area contributed by atoms with Crippen molar-refractivity contribution in [1.29, 1.82) is 0 Å². The third-order valence-electron chi connectivity index (χ3n) is 3.31. The van der Waals surface area contributed by atoms with Crippen LogP contribution in [-0.2, 0) is 11.8 Å². The quantitative estimate of drug-likeness (QED) is 0.432. The number of hydrogen-bond donors (Lipinski definition) is 2. The van der Waals surface area contributed by atoms with Crippen molar-refractivity contribution in [3.63, 3.8) is 0 Å². The Hall–Kier alpha value is -2.95. The molecule has 1 aromatic heterocycles. The number of esters is 1. The minimum atomic E-state index is -2.74. The molecule has 0 atom stereocenters. The standard InChI is InChI=1S/C15H13F2N3O5S/c1-20-11(18)10(12(22)19-15(20)24)8(21)6-25-13(23)7-4-2-3-5-9(7)26-14(16)17/h2-5,14H,6,18H2,1H3,(H,19,22,24). The van der Waals surface area contributed by atoms with E-state index in [1.807, 2.05) is 4.98 Å². The van der Waals surface area contributed by atoms with Crippen LogP contribution in [0.15, 0.2) is 38.8 Å². The largest absolute Gasteiger partial charge is 0.454 e. The van der Waals surface area contributed by atoms with Gasteiger partial charge in [-0.1, -0.05) is 23.9 Å². The highest BCUT2D eigenvalue weighted by atomic mass is 32.2. The van der Waals surface area contributed by atoms with E-state index < -0.39 is 40.9 Å². The van der Waals surface area contributed by atoms with Gasteiger partial charge in [0.2, 0.25) is 5.78 Å². The van der Waals surface area contributed by atoms with Crippen LogP contribution >= 0.6 is 11.8 Å². The van der Waals surface area contributed by atoms with Crippen LogP contribution in [0.5, 0.6) is 0 Å². The number of ketones is 1. The van der Waals surface area contributed by atoms with Crippen molar-refractivity contribution in [2.24, 2.45) is 7.05 Å². The van der Waals surface area contributed by atoms with Gasteiger partial charge in [-0.3, -0.25) is 19.1 Å². The highest BCUT2D eigenvalue weighted by Crippen LogP contribution is 2.28. The zero-order valence-electron chi connectivity index (χ0n) is 13.3. The Bertz CT molecular complexity index is 970. The number of rotatable bonds is 6. The van der Waals surface area contributed by atoms with E-state index in [-0.39, 0.29) is 28.0 Å². The van der Waals surface area contributed by atoms with Crippen molar-refractivity contribution < 1.29 is 23.1 Å². The van der Waals surface area contributed by atoms with E-state index in [0.29, 0.717) is 0 Å². The summed E-state index contributed by atoms with van der Waals surface area (Å²) in [5.41, 5.74) is 3.08. The number of aromatic amines is 1. The average molecular weight is 385 g/mol. The minimum absolute atomic E-state index is 0.0144. The fourth-order valence-electron chi connectivity index (χ4n) is 2.02. The minimum Gasteiger partial charge on any atom is -0.454 e. The summed E-state index contributed by atoms with van der Waals surface area (Å²) in [4.78, 5) is 49.2. The van der Waals surface area contributed by atoms with Gasteiger partial charge in [0.15, 0.2) is 6.61 Å². The predicted octanol–water partition coefficient (Wildman–Crippen LogP) is 1.01. The molecule has 2 rings (SSSR count). The summed E-state index contributed by atoms with van der Waals surface area (Å²) in [5.74, 6) is -5.07. The summed E-state index contributed by atoms with van der Waals surface area (Å²) < 4.78 is 30.7. The van der Waals surface area contributed by atoms with Gasteiger partial charge < -0.3 is 10.5 Å². The highest BCUT2D eigenvalue weighted by Gasteiger charge is 2.21. The molecule has 26 heavy (non-hydrogen) atoms. The van der Waals surface area contributed by atoms with Crippen molar-refractivity contribution in [3.05, 3.63) is 56.2 Å². The van der Waals surface area contributed by atoms with Gasteiger partial charge >= 0.3 is 11.7 Å². The zero-order chi connectivity index (χ0) is 19.4. The predicted molar refractivity (Wildman–Crippen MR) is 89.6 cm³/mol. The summed E-state index contributed by atoms with van der Waals surface area (Å²) in [6.07, 6.45) is 0. The van der Waals surface area contributed by atoms with Crippen LogP contribution in [0.3, 0.4) is 0 Å². The Labute approximate surface area is 149 Å². The van der Waals surface area contributed by atoms with Gasteiger partial charge in [-0.15, -0.1) is 0 Å². The maximum atomic E-state index is 12.5. The van der Waals surface area contributed by atoms with Gasteiger partial charge in [0.1, 0.15) is 11.4 Å². The Morgan fingerprint density at radius 1 is 1.31 bits per heavy atom. The molecule has 3 N–H and O–H groups in total. The lowest BCUT2D eigenvalue weighted by Crippen LogP contribution is -2.35. The van der Waals surface area contributed by atoms with Crippen LogP contribution in [0.4, 0.5) is 14.6 Å². The smallest absolute Gasteiger partial charge is 0.339 e. The molecular weight excluding hydrogens is 372 g/mol. The molecule has 138 valence electrons. The first-order valence-corrected chi connectivity index (χ1v) is 7.93. The molecule has 0 fully saturated rings. The van der Waals surface area contributed by atoms with E-state index in [1.165, 1.54) is 31.3 Å².